The smallest absolute Gasteiger partial charge is 0.281 e. The molecule has 0 aromatic heterocycles. The minimum atomic E-state index is -0.542. The number of hydrogen-bond acceptors (Lipinski definition) is 6. The number of oxime groups is 1. The van der Waals surface area contributed by atoms with Crippen LogP contribution in [0.1, 0.15) is 28.7 Å². The highest BCUT2D eigenvalue weighted by Gasteiger charge is 2.36. The van der Waals surface area contributed by atoms with Crippen molar-refractivity contribution < 1.29 is 28.7 Å². The molecule has 0 spiro atoms. The highest BCUT2D eigenvalue weighted by molar-refractivity contribution is 6.54. The van der Waals surface area contributed by atoms with Gasteiger partial charge in [0.2, 0.25) is 5.91 Å². The maximum atomic E-state index is 14.2. The van der Waals surface area contributed by atoms with Crippen LogP contribution in [0.3, 0.4) is 0 Å². The summed E-state index contributed by atoms with van der Waals surface area (Å²) in [4.78, 5) is 26.9. The predicted octanol–water partition coefficient (Wildman–Crippen LogP) is 3.99. The molecule has 9 heteroatoms. The molecule has 3 aromatic carbocycles. The molecular weight excluding hydrogens is 453 g/mol. The second-order valence-electron chi connectivity index (χ2n) is 8.27. The average molecular weight is 475 g/mol. The minimum Gasteiger partial charge on any atom is -0.467 e. The highest BCUT2D eigenvalue weighted by Crippen LogP contribution is 2.36. The zero-order chi connectivity index (χ0) is 24.4. The summed E-state index contributed by atoms with van der Waals surface area (Å²) in [7, 11) is 0. The molecule has 2 aliphatic rings. The molecule has 178 valence electrons. The van der Waals surface area contributed by atoms with Crippen LogP contribution in [0.15, 0.2) is 65.8 Å². The molecule has 0 unspecified atom stereocenters. The molecule has 2 N–H and O–H groups in total. The summed E-state index contributed by atoms with van der Waals surface area (Å²) in [6, 6.07) is 17.3. The number of hydrogen-bond donors (Lipinski definition) is 2. The number of anilines is 2. The Morgan fingerprint density at radius 2 is 1.97 bits per heavy atom. The van der Waals surface area contributed by atoms with Crippen molar-refractivity contribution in [1.82, 2.24) is 0 Å². The van der Waals surface area contributed by atoms with E-state index in [2.05, 4.69) is 10.5 Å². The first-order chi connectivity index (χ1) is 17.0. The predicted molar refractivity (Wildman–Crippen MR) is 126 cm³/mol. The zero-order valence-corrected chi connectivity index (χ0v) is 18.7. The van der Waals surface area contributed by atoms with Gasteiger partial charge < -0.3 is 24.9 Å². The summed E-state index contributed by atoms with van der Waals surface area (Å²) in [6.45, 7) is 0.252. The monoisotopic (exact) mass is 475 g/mol. The van der Waals surface area contributed by atoms with Gasteiger partial charge in [0.25, 0.3) is 5.91 Å². The van der Waals surface area contributed by atoms with Crippen molar-refractivity contribution in [2.24, 2.45) is 5.16 Å². The average Bonchev–Trinajstić information content (AvgIpc) is 3.13. The molecule has 0 aliphatic carbocycles. The number of ether oxygens (including phenoxy) is 2. The molecule has 0 bridgehead atoms. The lowest BCUT2D eigenvalue weighted by atomic mass is 10.1. The highest BCUT2D eigenvalue weighted by atomic mass is 19.1. The summed E-state index contributed by atoms with van der Waals surface area (Å²) in [6.07, 6.45) is 0.889. The second-order valence-corrected chi connectivity index (χ2v) is 8.27. The third-order valence-corrected chi connectivity index (χ3v) is 5.94. The van der Waals surface area contributed by atoms with Gasteiger partial charge in [0, 0.05) is 28.8 Å². The van der Waals surface area contributed by atoms with Crippen LogP contribution in [0.2, 0.25) is 0 Å². The number of halogens is 1. The number of nitrogens with one attached hydrogen (secondary N) is 1. The standard InChI is InChI=1S/C26H22FN3O5/c27-19-10-17(25-18(11-19)14-34-15-35-25)13-30-22-8-7-20(12-21(22)24(29-33)26(30)32)28-23(31)9-6-16-4-2-1-3-5-16/h1-5,7-8,10-12,33H,6,9,13-15H2,(H,28,31)/b29-24-. The summed E-state index contributed by atoms with van der Waals surface area (Å²) in [5.41, 5.74) is 3.25. The lowest BCUT2D eigenvalue weighted by Gasteiger charge is -2.24. The quantitative estimate of drug-likeness (QED) is 0.415. The molecule has 5 rings (SSSR count). The fourth-order valence-electron chi connectivity index (χ4n) is 4.32. The van der Waals surface area contributed by atoms with E-state index in [-0.39, 0.29) is 31.6 Å². The molecule has 0 fully saturated rings. The molecule has 8 nitrogen and oxygen atoms in total. The largest absolute Gasteiger partial charge is 0.467 e. The van der Waals surface area contributed by atoms with E-state index in [4.69, 9.17) is 9.47 Å². The van der Waals surface area contributed by atoms with Crippen LogP contribution in [-0.4, -0.2) is 29.5 Å². The lowest BCUT2D eigenvalue weighted by molar-refractivity contribution is -0.116. The number of nitrogens with zero attached hydrogens (tertiary/aromatic N) is 2. The number of carbonyl (C=O) groups is 2. The van der Waals surface area contributed by atoms with Gasteiger partial charge in [0.05, 0.1) is 18.8 Å². The van der Waals surface area contributed by atoms with Gasteiger partial charge in [0.1, 0.15) is 11.6 Å². The van der Waals surface area contributed by atoms with Crippen LogP contribution >= 0.6 is 0 Å². The number of rotatable bonds is 6. The fourth-order valence-corrected chi connectivity index (χ4v) is 4.32. The Morgan fingerprint density at radius 1 is 1.14 bits per heavy atom. The third kappa shape index (κ3) is 4.58. The molecule has 0 radical (unpaired) electrons. The number of benzene rings is 3. The Morgan fingerprint density at radius 3 is 2.77 bits per heavy atom. The van der Waals surface area contributed by atoms with Crippen molar-refractivity contribution in [3.63, 3.8) is 0 Å². The summed E-state index contributed by atoms with van der Waals surface area (Å²) >= 11 is 0. The van der Waals surface area contributed by atoms with Crippen LogP contribution in [0.4, 0.5) is 15.8 Å². The Balaban J connectivity index is 1.36. The van der Waals surface area contributed by atoms with Gasteiger partial charge in [-0.05, 0) is 42.3 Å². The van der Waals surface area contributed by atoms with E-state index in [0.717, 1.165) is 5.56 Å². The van der Waals surface area contributed by atoms with E-state index in [0.29, 0.717) is 46.7 Å². The van der Waals surface area contributed by atoms with E-state index in [1.54, 1.807) is 18.2 Å². The van der Waals surface area contributed by atoms with E-state index in [1.165, 1.54) is 17.0 Å². The zero-order valence-electron chi connectivity index (χ0n) is 18.7. The van der Waals surface area contributed by atoms with E-state index in [1.807, 2.05) is 30.3 Å². The van der Waals surface area contributed by atoms with E-state index in [9.17, 15) is 19.2 Å². The normalized spacial score (nSPS) is 15.5. The maximum Gasteiger partial charge on any atom is 0.281 e. The van der Waals surface area contributed by atoms with Crippen molar-refractivity contribution in [1.29, 1.82) is 0 Å². The number of amides is 2. The van der Waals surface area contributed by atoms with Crippen molar-refractivity contribution in [2.45, 2.75) is 26.0 Å². The number of carbonyl (C=O) groups excluding carboxylic acids is 2. The Kier molecular flexibility index (Phi) is 6.15. The number of fused-ring (bicyclic) bond motifs is 2. The van der Waals surface area contributed by atoms with Crippen LogP contribution < -0.4 is 15.0 Å². The summed E-state index contributed by atoms with van der Waals surface area (Å²) in [5.74, 6) is -0.712. The van der Waals surface area contributed by atoms with Gasteiger partial charge in [-0.1, -0.05) is 35.5 Å². The molecule has 0 saturated heterocycles. The first-order valence-electron chi connectivity index (χ1n) is 11.1. The first kappa shape index (κ1) is 22.5. The van der Waals surface area contributed by atoms with Gasteiger partial charge in [-0.3, -0.25) is 9.59 Å². The molecule has 35 heavy (non-hydrogen) atoms. The molecule has 0 atom stereocenters. The van der Waals surface area contributed by atoms with Crippen molar-refractivity contribution >= 4 is 28.9 Å². The van der Waals surface area contributed by atoms with Gasteiger partial charge in [0.15, 0.2) is 12.5 Å². The molecule has 3 aromatic rings. The maximum absolute atomic E-state index is 14.2. The van der Waals surface area contributed by atoms with Crippen molar-refractivity contribution in [3.8, 4) is 5.75 Å². The Labute approximate surface area is 200 Å². The van der Waals surface area contributed by atoms with Gasteiger partial charge in [-0.25, -0.2) is 4.39 Å². The number of aryl methyl sites for hydroxylation is 1. The third-order valence-electron chi connectivity index (χ3n) is 5.94. The molecular formula is C26H22FN3O5. The summed E-state index contributed by atoms with van der Waals surface area (Å²) < 4.78 is 25.0. The van der Waals surface area contributed by atoms with Crippen LogP contribution in [0.5, 0.6) is 5.75 Å². The van der Waals surface area contributed by atoms with Gasteiger partial charge in [-0.2, -0.15) is 0 Å². The topological polar surface area (TPSA) is 100 Å². The van der Waals surface area contributed by atoms with Gasteiger partial charge in [-0.15, -0.1) is 0 Å². The fraction of sp³-hybridized carbons (Fsp3) is 0.192. The second kappa shape index (κ2) is 9.55. The van der Waals surface area contributed by atoms with Crippen molar-refractivity contribution in [3.05, 3.63) is 88.7 Å². The van der Waals surface area contributed by atoms with E-state index < -0.39 is 11.7 Å². The Hall–Kier alpha value is -4.24. The van der Waals surface area contributed by atoms with Crippen molar-refractivity contribution in [2.75, 3.05) is 17.0 Å². The summed E-state index contributed by atoms with van der Waals surface area (Å²) in [5, 5.41) is 15.6. The Bertz CT molecular complexity index is 1330. The molecule has 2 heterocycles. The first-order valence-corrected chi connectivity index (χ1v) is 11.1. The minimum absolute atomic E-state index is 0.00767. The lowest BCUT2D eigenvalue weighted by Crippen LogP contribution is -2.30. The van der Waals surface area contributed by atoms with Gasteiger partial charge >= 0.3 is 0 Å². The van der Waals surface area contributed by atoms with Crippen LogP contribution in [-0.2, 0) is 33.9 Å². The molecule has 0 saturated carbocycles. The van der Waals surface area contributed by atoms with Crippen LogP contribution in [0, 0.1) is 5.82 Å². The molecule has 2 aliphatic heterocycles. The SMILES string of the molecule is O=C(CCc1ccccc1)Nc1ccc2c(c1)/C(=N/O)C(=O)N2Cc1cc(F)cc2c1OCOC2. The van der Waals surface area contributed by atoms with E-state index >= 15 is 0 Å². The van der Waals surface area contributed by atoms with Crippen LogP contribution in [0.25, 0.3) is 0 Å². The molecule has 2 amide bonds.